The molecule has 1 N–H and O–H groups in total. The number of anilines is 3. The van der Waals surface area contributed by atoms with Crippen molar-refractivity contribution < 1.29 is 43.6 Å². The number of allylic oxidation sites excluding steroid dienone is 3. The number of rotatable bonds is 10. The summed E-state index contributed by atoms with van der Waals surface area (Å²) in [5, 5.41) is 41.5. The maximum absolute atomic E-state index is 15.3. The van der Waals surface area contributed by atoms with Gasteiger partial charge in [-0.25, -0.2) is 9.80 Å². The Morgan fingerprint density at radius 1 is 0.939 bits per heavy atom. The van der Waals surface area contributed by atoms with Crippen LogP contribution in [-0.2, 0) is 26.2 Å². The average molecular weight is 936 g/mol. The number of phenols is 1. The Morgan fingerprint density at radius 3 is 2.20 bits per heavy atom. The van der Waals surface area contributed by atoms with E-state index < -0.39 is 79.9 Å². The first-order valence-corrected chi connectivity index (χ1v) is 22.0. The number of aryl methyl sites for hydroxylation is 2. The molecule has 2 saturated heterocycles. The minimum Gasteiger partial charge on any atom is -0.502 e. The number of carbonyl (C=O) groups excluding carboxylic acids is 4. The van der Waals surface area contributed by atoms with Gasteiger partial charge in [-0.05, 0) is 79.5 Å². The van der Waals surface area contributed by atoms with E-state index in [0.29, 0.717) is 21.9 Å². The van der Waals surface area contributed by atoms with Crippen molar-refractivity contribution in [2.75, 3.05) is 43.0 Å². The molecular formula is C46H42ClN7O11S. The number of nitrogens with zero attached hydrogens (tertiary/aromatic N) is 7. The zero-order valence-electron chi connectivity index (χ0n) is 36.6. The molecule has 340 valence electrons. The molecule has 1 saturated carbocycles. The Labute approximate surface area is 385 Å². The van der Waals surface area contributed by atoms with Gasteiger partial charge in [0.1, 0.15) is 11.5 Å². The van der Waals surface area contributed by atoms with E-state index in [9.17, 15) is 34.9 Å². The van der Waals surface area contributed by atoms with E-state index in [1.54, 1.807) is 50.4 Å². The molecule has 3 aromatic carbocycles. The van der Waals surface area contributed by atoms with Crippen LogP contribution >= 0.6 is 22.9 Å². The number of imide groups is 2. The number of aromatic nitrogens is 2. The number of aromatic hydroxyl groups is 1. The Bertz CT molecular complexity index is 3010. The predicted octanol–water partition coefficient (Wildman–Crippen LogP) is 7.85. The Kier molecular flexibility index (Phi) is 10.6. The van der Waals surface area contributed by atoms with E-state index in [1.807, 2.05) is 25.1 Å². The van der Waals surface area contributed by atoms with Gasteiger partial charge in [-0.1, -0.05) is 35.4 Å². The number of nitro benzene ring substituents is 2. The van der Waals surface area contributed by atoms with Crippen molar-refractivity contribution in [3.05, 3.63) is 103 Å². The molecule has 6 atom stereocenters. The van der Waals surface area contributed by atoms with Crippen molar-refractivity contribution in [3.63, 3.8) is 0 Å². The summed E-state index contributed by atoms with van der Waals surface area (Å²) in [5.74, 6) is -6.88. The first-order valence-electron chi connectivity index (χ1n) is 20.8. The molecule has 5 aromatic rings. The summed E-state index contributed by atoms with van der Waals surface area (Å²) in [6.07, 6.45) is 5.35. The molecule has 0 unspecified atom stereocenters. The van der Waals surface area contributed by atoms with E-state index in [1.165, 1.54) is 49.2 Å². The maximum atomic E-state index is 15.3. The van der Waals surface area contributed by atoms with Gasteiger partial charge < -0.3 is 19.5 Å². The largest absolute Gasteiger partial charge is 0.502 e. The standard InChI is InChI=1S/C46H42ClN7O11S/c1-21-27-16-23(47)9-13-36(27)66-41(21)31-20-37(50(5)48-31)52-43(57)30-19-28-25(29(46(30,2)45(52)59)12-8-22-14-34(64-6)40(55)35(15-22)65-7)10-11-26-38(28)44(58)51(42(26)56)24-17-32(53(60)61)39(49(3)4)33(18-24)54(62)63/h8-10,12-18,20,26,28-30,38,55H,11,19H2,1-7H3/t26-,28+,29-,30-,38-,46-/m0/s1. The van der Waals surface area contributed by atoms with E-state index in [2.05, 4.69) is 0 Å². The first-order chi connectivity index (χ1) is 31.3. The first kappa shape index (κ1) is 44.1. The molecule has 0 radical (unpaired) electrons. The Hall–Kier alpha value is -7.12. The zero-order chi connectivity index (χ0) is 47.4. The van der Waals surface area contributed by atoms with Crippen LogP contribution in [0.25, 0.3) is 26.7 Å². The second kappa shape index (κ2) is 15.8. The number of thiophene rings is 1. The van der Waals surface area contributed by atoms with Crippen molar-refractivity contribution in [1.82, 2.24) is 9.78 Å². The number of phenolic OH excluding ortho intramolecular Hbond substituents is 1. The molecule has 18 nitrogen and oxygen atoms in total. The molecule has 66 heavy (non-hydrogen) atoms. The number of halogens is 1. The topological polar surface area (TPSA) is 221 Å². The summed E-state index contributed by atoms with van der Waals surface area (Å²) in [6, 6.07) is 12.4. The fourth-order valence-corrected chi connectivity index (χ4v) is 11.9. The molecule has 4 aliphatic rings. The quantitative estimate of drug-likeness (QED) is 0.0611. The van der Waals surface area contributed by atoms with Crippen LogP contribution in [0.4, 0.5) is 28.6 Å². The third-order valence-electron chi connectivity index (χ3n) is 13.7. The molecule has 4 heterocycles. The molecule has 20 heteroatoms. The third-order valence-corrected chi connectivity index (χ3v) is 15.2. The summed E-state index contributed by atoms with van der Waals surface area (Å²) in [5.41, 5.74) is -0.759. The van der Waals surface area contributed by atoms with E-state index >= 15 is 9.59 Å². The van der Waals surface area contributed by atoms with Gasteiger partial charge in [-0.15, -0.1) is 11.3 Å². The van der Waals surface area contributed by atoms with Gasteiger partial charge in [-0.2, -0.15) is 5.10 Å². The summed E-state index contributed by atoms with van der Waals surface area (Å²) in [6.45, 7) is 3.68. The number of nitro groups is 2. The minimum atomic E-state index is -1.43. The molecule has 2 aromatic heterocycles. The van der Waals surface area contributed by atoms with Gasteiger partial charge in [0.15, 0.2) is 17.2 Å². The van der Waals surface area contributed by atoms with E-state index in [0.717, 1.165) is 42.5 Å². The lowest BCUT2D eigenvalue weighted by atomic mass is 9.52. The normalized spacial score (nSPS) is 23.6. The van der Waals surface area contributed by atoms with Crippen molar-refractivity contribution in [3.8, 4) is 27.8 Å². The van der Waals surface area contributed by atoms with Crippen molar-refractivity contribution in [2.45, 2.75) is 26.7 Å². The highest BCUT2D eigenvalue weighted by Gasteiger charge is 2.67. The van der Waals surface area contributed by atoms with Crippen LogP contribution < -0.4 is 24.2 Å². The van der Waals surface area contributed by atoms with Crippen LogP contribution in [0, 0.1) is 62.2 Å². The number of amides is 4. The van der Waals surface area contributed by atoms with Crippen LogP contribution in [0.1, 0.15) is 30.9 Å². The number of fused-ring (bicyclic) bond motifs is 5. The number of hydrogen-bond donors (Lipinski definition) is 1. The third kappa shape index (κ3) is 6.45. The molecule has 4 amide bonds. The van der Waals surface area contributed by atoms with E-state index in [-0.39, 0.29) is 47.3 Å². The highest BCUT2D eigenvalue weighted by atomic mass is 35.5. The summed E-state index contributed by atoms with van der Waals surface area (Å²) < 4.78 is 13.3. The highest BCUT2D eigenvalue weighted by Crippen LogP contribution is 2.61. The Morgan fingerprint density at radius 2 is 1.59 bits per heavy atom. The minimum absolute atomic E-state index is 0.0105. The van der Waals surface area contributed by atoms with Crippen molar-refractivity contribution in [1.29, 1.82) is 0 Å². The van der Waals surface area contributed by atoms with Crippen LogP contribution in [0.15, 0.2) is 66.3 Å². The van der Waals surface area contributed by atoms with Gasteiger partial charge in [0, 0.05) is 55.0 Å². The maximum Gasteiger partial charge on any atom is 0.301 e. The second-order valence-corrected chi connectivity index (χ2v) is 18.8. The van der Waals surface area contributed by atoms with Crippen LogP contribution in [-0.4, -0.2) is 76.7 Å². The summed E-state index contributed by atoms with van der Waals surface area (Å²) >= 11 is 7.83. The molecule has 2 aliphatic carbocycles. The number of ether oxygens (including phenoxy) is 2. The van der Waals surface area contributed by atoms with Crippen LogP contribution in [0.5, 0.6) is 17.2 Å². The molecule has 0 spiro atoms. The molecule has 3 fully saturated rings. The summed E-state index contributed by atoms with van der Waals surface area (Å²) in [4.78, 5) is 86.5. The van der Waals surface area contributed by atoms with E-state index in [4.69, 9.17) is 26.2 Å². The number of benzene rings is 3. The van der Waals surface area contributed by atoms with Gasteiger partial charge in [0.2, 0.25) is 29.4 Å². The van der Waals surface area contributed by atoms with Crippen LogP contribution in [0.2, 0.25) is 5.02 Å². The fraction of sp³-hybridized carbons (Fsp3) is 0.326. The summed E-state index contributed by atoms with van der Waals surface area (Å²) in [7, 11) is 7.24. The number of methoxy groups -OCH3 is 2. The molecule has 0 bridgehead atoms. The van der Waals surface area contributed by atoms with Gasteiger partial charge >= 0.3 is 11.4 Å². The van der Waals surface area contributed by atoms with Crippen molar-refractivity contribution in [2.24, 2.45) is 42.1 Å². The lowest BCUT2D eigenvalue weighted by molar-refractivity contribution is -0.392. The zero-order valence-corrected chi connectivity index (χ0v) is 38.2. The van der Waals surface area contributed by atoms with Gasteiger partial charge in [-0.3, -0.25) is 44.1 Å². The Balaban J connectivity index is 1.15. The van der Waals surface area contributed by atoms with Crippen LogP contribution in [0.3, 0.4) is 0 Å². The SMILES string of the molecule is COc1cc(C=C[C@H]2C3=CC[C@@H]4C(=O)N(c5cc([N+](=O)[O-])c(N(C)C)c([N+](=O)[O-])c5)C(=O)[C@@H]4[C@@H]3C[C@H]3C(=O)N(c4cc(-c5sc6ccc(Cl)cc6c5C)nn4C)C(=O)[C@@]23C)cc(OC)c1O. The smallest absolute Gasteiger partial charge is 0.301 e. The molecule has 9 rings (SSSR count). The fourth-order valence-electron chi connectivity index (χ4n) is 10.6. The highest BCUT2D eigenvalue weighted by molar-refractivity contribution is 7.22. The second-order valence-electron chi connectivity index (χ2n) is 17.3. The van der Waals surface area contributed by atoms with Crippen molar-refractivity contribution >= 4 is 91.3 Å². The lowest BCUT2D eigenvalue weighted by Crippen LogP contribution is -2.49. The number of carbonyl (C=O) groups is 4. The molecule has 2 aliphatic heterocycles. The number of hydrogen-bond acceptors (Lipinski definition) is 14. The van der Waals surface area contributed by atoms with Gasteiger partial charge in [0.25, 0.3) is 0 Å². The van der Waals surface area contributed by atoms with Gasteiger partial charge in [0.05, 0.1) is 57.8 Å². The lowest BCUT2D eigenvalue weighted by Gasteiger charge is -2.47. The predicted molar refractivity (Wildman–Crippen MR) is 246 cm³/mol. The average Bonchev–Trinajstić information content (AvgIpc) is 3.95. The molecular weight excluding hydrogens is 894 g/mol. The monoisotopic (exact) mass is 935 g/mol.